The second-order valence-electron chi connectivity index (χ2n) is 4.86. The molecular weight excluding hydrogens is 254 g/mol. The number of nitrogens with zero attached hydrogens (tertiary/aromatic N) is 1. The average Bonchev–Trinajstić information content (AvgIpc) is 2.45. The zero-order valence-electron chi connectivity index (χ0n) is 12.0. The summed E-state index contributed by atoms with van der Waals surface area (Å²) in [5.74, 6) is -0.804. The Morgan fingerprint density at radius 1 is 1.10 bits per heavy atom. The molecule has 0 saturated carbocycles. The Morgan fingerprint density at radius 2 is 1.80 bits per heavy atom. The van der Waals surface area contributed by atoms with Crippen molar-refractivity contribution >= 4 is 11.9 Å². The van der Waals surface area contributed by atoms with Crippen molar-refractivity contribution in [3.8, 4) is 0 Å². The summed E-state index contributed by atoms with van der Waals surface area (Å²) < 4.78 is 0. The molecule has 0 unspecified atom stereocenters. The van der Waals surface area contributed by atoms with E-state index >= 15 is 0 Å². The molecular formula is C16H23NO3. The van der Waals surface area contributed by atoms with Gasteiger partial charge in [-0.1, -0.05) is 43.7 Å². The number of aliphatic carboxylic acids is 1. The van der Waals surface area contributed by atoms with Crippen molar-refractivity contribution in [3.05, 3.63) is 35.9 Å². The fourth-order valence-electron chi connectivity index (χ4n) is 1.99. The summed E-state index contributed by atoms with van der Waals surface area (Å²) in [5.41, 5.74) is 1.16. The maximum Gasteiger partial charge on any atom is 0.305 e. The van der Waals surface area contributed by atoms with Gasteiger partial charge >= 0.3 is 5.97 Å². The van der Waals surface area contributed by atoms with Gasteiger partial charge in [0.1, 0.15) is 0 Å². The topological polar surface area (TPSA) is 57.6 Å². The first-order chi connectivity index (χ1) is 9.63. The van der Waals surface area contributed by atoms with Gasteiger partial charge in [0.2, 0.25) is 5.91 Å². The molecule has 0 fully saturated rings. The Morgan fingerprint density at radius 3 is 2.40 bits per heavy atom. The number of carboxylic acids is 1. The minimum absolute atomic E-state index is 0.00660. The lowest BCUT2D eigenvalue weighted by Crippen LogP contribution is -2.34. The van der Waals surface area contributed by atoms with Gasteiger partial charge in [0.15, 0.2) is 0 Å². The number of benzene rings is 1. The van der Waals surface area contributed by atoms with E-state index in [0.717, 1.165) is 24.8 Å². The van der Waals surface area contributed by atoms with Crippen molar-refractivity contribution in [2.75, 3.05) is 13.1 Å². The first-order valence-corrected chi connectivity index (χ1v) is 7.17. The predicted molar refractivity (Wildman–Crippen MR) is 78.5 cm³/mol. The quantitative estimate of drug-likeness (QED) is 0.755. The summed E-state index contributed by atoms with van der Waals surface area (Å²) in [4.78, 5) is 24.4. The highest BCUT2D eigenvalue weighted by Crippen LogP contribution is 2.06. The minimum atomic E-state index is -0.863. The van der Waals surface area contributed by atoms with Crippen LogP contribution in [0.3, 0.4) is 0 Å². The van der Waals surface area contributed by atoms with Crippen LogP contribution in [0.1, 0.15) is 38.2 Å². The van der Waals surface area contributed by atoms with E-state index in [9.17, 15) is 9.59 Å². The fraction of sp³-hybridized carbons (Fsp3) is 0.500. The Hall–Kier alpha value is -1.84. The van der Waals surface area contributed by atoms with Crippen molar-refractivity contribution in [1.29, 1.82) is 0 Å². The molecule has 0 saturated heterocycles. The molecule has 0 radical (unpaired) electrons. The Kier molecular flexibility index (Phi) is 7.40. The minimum Gasteiger partial charge on any atom is -0.481 e. The lowest BCUT2D eigenvalue weighted by atomic mass is 10.1. The third-order valence-electron chi connectivity index (χ3n) is 3.21. The van der Waals surface area contributed by atoms with E-state index < -0.39 is 5.97 Å². The zero-order valence-corrected chi connectivity index (χ0v) is 12.0. The smallest absolute Gasteiger partial charge is 0.305 e. The van der Waals surface area contributed by atoms with Gasteiger partial charge in [-0.3, -0.25) is 9.59 Å². The molecule has 0 aliphatic rings. The fourth-order valence-corrected chi connectivity index (χ4v) is 1.99. The third-order valence-corrected chi connectivity index (χ3v) is 3.21. The van der Waals surface area contributed by atoms with Crippen molar-refractivity contribution in [2.45, 2.75) is 39.0 Å². The summed E-state index contributed by atoms with van der Waals surface area (Å²) in [6.45, 7) is 2.92. The van der Waals surface area contributed by atoms with Gasteiger partial charge < -0.3 is 10.0 Å². The van der Waals surface area contributed by atoms with E-state index in [2.05, 4.69) is 0 Å². The lowest BCUT2D eigenvalue weighted by molar-refractivity contribution is -0.138. The molecule has 0 aliphatic heterocycles. The van der Waals surface area contributed by atoms with Gasteiger partial charge in [0.25, 0.3) is 0 Å². The normalized spacial score (nSPS) is 10.2. The molecule has 0 bridgehead atoms. The van der Waals surface area contributed by atoms with E-state index in [1.807, 2.05) is 37.3 Å². The maximum atomic E-state index is 12.1. The first kappa shape index (κ1) is 16.2. The van der Waals surface area contributed by atoms with Crippen LogP contribution in [0.25, 0.3) is 0 Å². The van der Waals surface area contributed by atoms with Gasteiger partial charge in [-0.05, 0) is 18.4 Å². The monoisotopic (exact) mass is 277 g/mol. The largest absolute Gasteiger partial charge is 0.481 e. The number of rotatable bonds is 9. The molecule has 4 heteroatoms. The molecule has 0 aliphatic carbocycles. The van der Waals surface area contributed by atoms with Gasteiger partial charge in [-0.2, -0.15) is 0 Å². The van der Waals surface area contributed by atoms with Crippen LogP contribution in [0.5, 0.6) is 0 Å². The standard InChI is InChI=1S/C16H23NO3/c1-2-3-9-15(18)17(13-11-16(19)20)12-10-14-7-5-4-6-8-14/h4-8H,2-3,9-13H2,1H3,(H,19,20). The number of amides is 1. The molecule has 0 atom stereocenters. The summed E-state index contributed by atoms with van der Waals surface area (Å²) in [6.07, 6.45) is 3.10. The third kappa shape index (κ3) is 6.36. The van der Waals surface area contributed by atoms with E-state index in [0.29, 0.717) is 19.5 Å². The SMILES string of the molecule is CCCCC(=O)N(CCC(=O)O)CCc1ccccc1. The summed E-state index contributed by atoms with van der Waals surface area (Å²) >= 11 is 0. The van der Waals surface area contributed by atoms with Gasteiger partial charge in [-0.15, -0.1) is 0 Å². The average molecular weight is 277 g/mol. The Bertz CT molecular complexity index is 417. The molecule has 0 heterocycles. The molecule has 1 amide bonds. The van der Waals surface area contributed by atoms with Crippen molar-refractivity contribution in [3.63, 3.8) is 0 Å². The van der Waals surface area contributed by atoms with E-state index in [4.69, 9.17) is 5.11 Å². The number of hydrogen-bond acceptors (Lipinski definition) is 2. The second-order valence-corrected chi connectivity index (χ2v) is 4.86. The van der Waals surface area contributed by atoms with Crippen LogP contribution in [0.2, 0.25) is 0 Å². The van der Waals surface area contributed by atoms with Crippen molar-refractivity contribution < 1.29 is 14.7 Å². The number of carbonyl (C=O) groups is 2. The van der Waals surface area contributed by atoms with Crippen LogP contribution >= 0.6 is 0 Å². The van der Waals surface area contributed by atoms with Crippen LogP contribution in [0.15, 0.2) is 30.3 Å². The number of unbranched alkanes of at least 4 members (excludes halogenated alkanes) is 1. The molecule has 110 valence electrons. The predicted octanol–water partition coefficient (Wildman–Crippen LogP) is 2.72. The van der Waals surface area contributed by atoms with Gasteiger partial charge in [-0.25, -0.2) is 0 Å². The summed E-state index contributed by atoms with van der Waals surface area (Å²) in [6, 6.07) is 9.93. The molecule has 4 nitrogen and oxygen atoms in total. The molecule has 20 heavy (non-hydrogen) atoms. The number of carbonyl (C=O) groups excluding carboxylic acids is 1. The van der Waals surface area contributed by atoms with Crippen molar-refractivity contribution in [1.82, 2.24) is 4.90 Å². The molecule has 0 aromatic heterocycles. The molecule has 1 rings (SSSR count). The summed E-state index contributed by atoms with van der Waals surface area (Å²) in [7, 11) is 0. The Labute approximate surface area is 120 Å². The summed E-state index contributed by atoms with van der Waals surface area (Å²) in [5, 5.41) is 8.77. The second kappa shape index (κ2) is 9.13. The van der Waals surface area contributed by atoms with Gasteiger partial charge in [0.05, 0.1) is 6.42 Å². The van der Waals surface area contributed by atoms with Crippen LogP contribution < -0.4 is 0 Å². The molecule has 0 spiro atoms. The van der Waals surface area contributed by atoms with Crippen LogP contribution in [-0.4, -0.2) is 35.0 Å². The zero-order chi connectivity index (χ0) is 14.8. The molecule has 1 aromatic rings. The highest BCUT2D eigenvalue weighted by Gasteiger charge is 2.14. The van der Waals surface area contributed by atoms with Crippen LogP contribution in [-0.2, 0) is 16.0 Å². The van der Waals surface area contributed by atoms with Gasteiger partial charge in [0, 0.05) is 19.5 Å². The lowest BCUT2D eigenvalue weighted by Gasteiger charge is -2.22. The molecule has 1 N–H and O–H groups in total. The first-order valence-electron chi connectivity index (χ1n) is 7.17. The van der Waals surface area contributed by atoms with Crippen LogP contribution in [0, 0.1) is 0 Å². The van der Waals surface area contributed by atoms with Crippen LogP contribution in [0.4, 0.5) is 0 Å². The highest BCUT2D eigenvalue weighted by atomic mass is 16.4. The Balaban J connectivity index is 2.52. The molecule has 1 aromatic carbocycles. The van der Waals surface area contributed by atoms with E-state index in [1.165, 1.54) is 0 Å². The maximum absolute atomic E-state index is 12.1. The number of hydrogen-bond donors (Lipinski definition) is 1. The van der Waals surface area contributed by atoms with Crippen molar-refractivity contribution in [2.24, 2.45) is 0 Å². The van der Waals surface area contributed by atoms with E-state index in [-0.39, 0.29) is 12.3 Å². The number of carboxylic acid groups (broad SMARTS) is 1. The highest BCUT2D eigenvalue weighted by molar-refractivity contribution is 5.77. The van der Waals surface area contributed by atoms with E-state index in [1.54, 1.807) is 4.90 Å².